The molecule has 0 amide bonds. The Bertz CT molecular complexity index is 1330. The molecular weight excluding hydrogens is 484 g/mol. The molecule has 4 rings (SSSR count). The number of ether oxygens (including phenoxy) is 3. The van der Waals surface area contributed by atoms with Crippen LogP contribution in [0.2, 0.25) is 0 Å². The van der Waals surface area contributed by atoms with E-state index < -0.39 is 5.60 Å². The highest BCUT2D eigenvalue weighted by molar-refractivity contribution is 7.22. The molecule has 0 N–H and O–H groups in total. The lowest BCUT2D eigenvalue weighted by Crippen LogP contribution is -2.23. The number of carbonyl (C=O) groups excluding carboxylic acids is 1. The van der Waals surface area contributed by atoms with Crippen molar-refractivity contribution in [1.29, 1.82) is 0 Å². The van der Waals surface area contributed by atoms with Crippen LogP contribution in [0.25, 0.3) is 31.8 Å². The largest absolute Gasteiger partial charge is 0.497 e. The van der Waals surface area contributed by atoms with Crippen LogP contribution in [0.5, 0.6) is 11.6 Å². The Morgan fingerprint density at radius 1 is 0.973 bits per heavy atom. The molecule has 0 radical (unpaired) electrons. The van der Waals surface area contributed by atoms with Crippen LogP contribution in [0.3, 0.4) is 0 Å². The van der Waals surface area contributed by atoms with Crippen molar-refractivity contribution in [3.8, 4) is 33.2 Å². The Labute approximate surface area is 222 Å². The van der Waals surface area contributed by atoms with E-state index in [0.717, 1.165) is 56.8 Å². The molecule has 0 fully saturated rings. The molecular formula is C30H34N2O4S. The van der Waals surface area contributed by atoms with Crippen molar-refractivity contribution in [3.05, 3.63) is 60.9 Å². The van der Waals surface area contributed by atoms with Crippen LogP contribution in [0.4, 0.5) is 0 Å². The van der Waals surface area contributed by atoms with Crippen molar-refractivity contribution in [2.75, 3.05) is 7.11 Å². The summed E-state index contributed by atoms with van der Waals surface area (Å²) in [5, 5.41) is 0.914. The zero-order valence-corrected chi connectivity index (χ0v) is 22.9. The number of hydrogen-bond donors (Lipinski definition) is 0. The average molecular weight is 519 g/mol. The Kier molecular flexibility index (Phi) is 8.44. The topological polar surface area (TPSA) is 70.5 Å². The number of hydrogen-bond acceptors (Lipinski definition) is 7. The predicted octanol–water partition coefficient (Wildman–Crippen LogP) is 7.70. The first-order valence-corrected chi connectivity index (χ1v) is 13.4. The third-order valence-electron chi connectivity index (χ3n) is 5.84. The average Bonchev–Trinajstić information content (AvgIpc) is 3.27. The Morgan fingerprint density at radius 3 is 2.38 bits per heavy atom. The summed E-state index contributed by atoms with van der Waals surface area (Å²) in [5.41, 5.74) is 2.78. The van der Waals surface area contributed by atoms with Gasteiger partial charge in [-0.3, -0.25) is 4.79 Å². The van der Waals surface area contributed by atoms with Crippen LogP contribution in [0.1, 0.15) is 53.4 Å². The van der Waals surface area contributed by atoms with Crippen molar-refractivity contribution in [2.24, 2.45) is 0 Å². The number of carbonyl (C=O) groups is 1. The van der Waals surface area contributed by atoms with Crippen LogP contribution in [0, 0.1) is 0 Å². The fourth-order valence-corrected chi connectivity index (χ4v) is 5.33. The fraction of sp³-hybridized carbons (Fsp3) is 0.367. The molecule has 0 spiro atoms. The van der Waals surface area contributed by atoms with Crippen LogP contribution >= 0.6 is 11.3 Å². The summed E-state index contributed by atoms with van der Waals surface area (Å²) >= 11 is 1.64. The molecule has 0 aliphatic rings. The van der Waals surface area contributed by atoms with Gasteiger partial charge in [0.25, 0.3) is 0 Å². The molecule has 0 unspecified atom stereocenters. The van der Waals surface area contributed by atoms with Crippen molar-refractivity contribution in [3.63, 3.8) is 0 Å². The number of unbranched alkanes of at least 4 members (excludes halogenated alkanes) is 1. The predicted molar refractivity (Wildman–Crippen MR) is 149 cm³/mol. The molecule has 2 aromatic carbocycles. The minimum Gasteiger partial charge on any atom is -0.497 e. The monoisotopic (exact) mass is 518 g/mol. The van der Waals surface area contributed by atoms with Crippen molar-refractivity contribution in [1.82, 2.24) is 9.97 Å². The van der Waals surface area contributed by atoms with Gasteiger partial charge >= 0.3 is 5.97 Å². The van der Waals surface area contributed by atoms with Gasteiger partial charge in [-0.1, -0.05) is 42.5 Å². The standard InChI is InChI=1S/C30H34N2O4S/c1-20(11-9-10-14-24(33)36-30(2,3)4)35-28-26-25(21-15-17-23(34-5)18-16-21)27(22-12-7-6-8-13-22)37-29(26)32-19-31-28/h6-8,12-13,15-20H,9-11,14H2,1-5H3/t20-/m1/s1. The van der Waals surface area contributed by atoms with Crippen molar-refractivity contribution < 1.29 is 19.0 Å². The first-order chi connectivity index (χ1) is 17.7. The fourth-order valence-electron chi connectivity index (χ4n) is 4.17. The Morgan fingerprint density at radius 2 is 1.70 bits per heavy atom. The number of benzene rings is 2. The van der Waals surface area contributed by atoms with E-state index in [9.17, 15) is 4.79 Å². The first-order valence-electron chi connectivity index (χ1n) is 12.6. The van der Waals surface area contributed by atoms with Crippen LogP contribution in [-0.4, -0.2) is 34.8 Å². The number of rotatable bonds is 10. The van der Waals surface area contributed by atoms with E-state index in [4.69, 9.17) is 14.2 Å². The zero-order chi connectivity index (χ0) is 26.4. The van der Waals surface area contributed by atoms with Crippen molar-refractivity contribution >= 4 is 27.5 Å². The minimum atomic E-state index is -0.452. The highest BCUT2D eigenvalue weighted by Gasteiger charge is 2.22. The van der Waals surface area contributed by atoms with Gasteiger partial charge in [0.2, 0.25) is 5.88 Å². The van der Waals surface area contributed by atoms with Gasteiger partial charge < -0.3 is 14.2 Å². The Balaban J connectivity index is 1.58. The second kappa shape index (κ2) is 11.7. The molecule has 0 saturated heterocycles. The SMILES string of the molecule is COc1ccc(-c2c(-c3ccccc3)sc3ncnc(O[C@H](C)CCCCC(=O)OC(C)(C)C)c23)cc1. The summed E-state index contributed by atoms with van der Waals surface area (Å²) in [7, 11) is 1.67. The van der Waals surface area contributed by atoms with Gasteiger partial charge in [0.1, 0.15) is 22.5 Å². The molecule has 7 heteroatoms. The number of thiophene rings is 1. The number of aromatic nitrogens is 2. The van der Waals surface area contributed by atoms with E-state index in [2.05, 4.69) is 34.2 Å². The maximum Gasteiger partial charge on any atom is 0.306 e. The number of nitrogens with zero attached hydrogens (tertiary/aromatic N) is 2. The molecule has 2 heterocycles. The number of esters is 1. The molecule has 0 bridgehead atoms. The molecule has 1 atom stereocenters. The van der Waals surface area contributed by atoms with Crippen molar-refractivity contribution in [2.45, 2.75) is 65.1 Å². The second-order valence-electron chi connectivity index (χ2n) is 10.0. The van der Waals surface area contributed by atoms with E-state index in [-0.39, 0.29) is 12.1 Å². The van der Waals surface area contributed by atoms with Gasteiger partial charge in [0, 0.05) is 16.9 Å². The van der Waals surface area contributed by atoms with Crippen LogP contribution in [-0.2, 0) is 9.53 Å². The third-order valence-corrected chi connectivity index (χ3v) is 6.99. The maximum absolute atomic E-state index is 12.0. The highest BCUT2D eigenvalue weighted by atomic mass is 32.1. The number of fused-ring (bicyclic) bond motifs is 1. The van der Waals surface area contributed by atoms with E-state index in [1.807, 2.05) is 58.0 Å². The van der Waals surface area contributed by atoms with Gasteiger partial charge in [-0.15, -0.1) is 11.3 Å². The minimum absolute atomic E-state index is 0.0690. The third kappa shape index (κ3) is 6.86. The van der Waals surface area contributed by atoms with Gasteiger partial charge in [-0.05, 0) is 70.2 Å². The molecule has 194 valence electrons. The van der Waals surface area contributed by atoms with E-state index >= 15 is 0 Å². The molecule has 0 aliphatic carbocycles. The second-order valence-corrected chi connectivity index (χ2v) is 11.0. The summed E-state index contributed by atoms with van der Waals surface area (Å²) in [4.78, 5) is 23.1. The lowest BCUT2D eigenvalue weighted by Gasteiger charge is -2.19. The smallest absolute Gasteiger partial charge is 0.306 e. The van der Waals surface area contributed by atoms with Gasteiger partial charge in [0.05, 0.1) is 18.6 Å². The van der Waals surface area contributed by atoms with Crippen LogP contribution in [0.15, 0.2) is 60.9 Å². The molecule has 6 nitrogen and oxygen atoms in total. The van der Waals surface area contributed by atoms with Crippen LogP contribution < -0.4 is 9.47 Å². The van der Waals surface area contributed by atoms with E-state index in [0.29, 0.717) is 12.3 Å². The molecule has 0 aliphatic heterocycles. The first kappa shape index (κ1) is 26.6. The van der Waals surface area contributed by atoms with Gasteiger partial charge in [0.15, 0.2) is 0 Å². The zero-order valence-electron chi connectivity index (χ0n) is 22.1. The highest BCUT2D eigenvalue weighted by Crippen LogP contribution is 2.47. The normalized spacial score (nSPS) is 12.4. The van der Waals surface area contributed by atoms with Gasteiger partial charge in [-0.2, -0.15) is 0 Å². The summed E-state index contributed by atoms with van der Waals surface area (Å²) in [6, 6.07) is 18.4. The van der Waals surface area contributed by atoms with E-state index in [1.165, 1.54) is 0 Å². The quantitative estimate of drug-likeness (QED) is 0.158. The summed E-state index contributed by atoms with van der Waals surface area (Å²) < 4.78 is 17.2. The summed E-state index contributed by atoms with van der Waals surface area (Å²) in [6.07, 6.45) is 4.33. The molecule has 37 heavy (non-hydrogen) atoms. The molecule has 4 aromatic rings. The summed E-state index contributed by atoms with van der Waals surface area (Å²) in [6.45, 7) is 7.70. The van der Waals surface area contributed by atoms with Gasteiger partial charge in [-0.25, -0.2) is 9.97 Å². The lowest BCUT2D eigenvalue weighted by atomic mass is 10.00. The molecule has 2 aromatic heterocycles. The van der Waals surface area contributed by atoms with E-state index in [1.54, 1.807) is 24.8 Å². The molecule has 0 saturated carbocycles. The number of methoxy groups -OCH3 is 1. The summed E-state index contributed by atoms with van der Waals surface area (Å²) in [5.74, 6) is 1.22. The Hall–Kier alpha value is -3.45. The lowest BCUT2D eigenvalue weighted by molar-refractivity contribution is -0.154. The maximum atomic E-state index is 12.0.